The highest BCUT2D eigenvalue weighted by Gasteiger charge is 2.41. The minimum absolute atomic E-state index is 0.0152. The Morgan fingerprint density at radius 1 is 1.40 bits per heavy atom. The van der Waals surface area contributed by atoms with E-state index in [9.17, 15) is 9.90 Å². The Labute approximate surface area is 91.5 Å². The fourth-order valence-corrected chi connectivity index (χ4v) is 2.64. The number of hydrogen-bond acceptors (Lipinski definition) is 2. The summed E-state index contributed by atoms with van der Waals surface area (Å²) in [6.45, 7) is 4.38. The fourth-order valence-electron chi connectivity index (χ4n) is 2.64. The molecular weight excluding hydrogens is 192 g/mol. The smallest absolute Gasteiger partial charge is 0.309 e. The summed E-state index contributed by atoms with van der Waals surface area (Å²) in [6.07, 6.45) is 3.85. The average Bonchev–Trinajstić information content (AvgIpc) is 2.18. The van der Waals surface area contributed by atoms with Crippen LogP contribution in [0.4, 0.5) is 0 Å². The topological polar surface area (TPSA) is 57.5 Å². The van der Waals surface area contributed by atoms with Crippen LogP contribution in [0.15, 0.2) is 0 Å². The molecule has 0 aromatic carbocycles. The third kappa shape index (κ3) is 2.71. The Hall–Kier alpha value is -0.570. The molecule has 0 aliphatic heterocycles. The van der Waals surface area contributed by atoms with Gasteiger partial charge < -0.3 is 10.2 Å². The molecule has 0 heterocycles. The van der Waals surface area contributed by atoms with Crippen molar-refractivity contribution in [3.05, 3.63) is 0 Å². The third-order valence-electron chi connectivity index (χ3n) is 3.97. The third-order valence-corrected chi connectivity index (χ3v) is 3.97. The summed E-state index contributed by atoms with van der Waals surface area (Å²) in [5.74, 6) is 0.584. The van der Waals surface area contributed by atoms with Gasteiger partial charge in [0.05, 0.1) is 5.41 Å². The Kier molecular flexibility index (Phi) is 4.14. The number of hydrogen-bond donors (Lipinski definition) is 2. The summed E-state index contributed by atoms with van der Waals surface area (Å²) >= 11 is 0. The highest BCUT2D eigenvalue weighted by molar-refractivity contribution is 5.74. The van der Waals surface area contributed by atoms with Crippen LogP contribution in [0.5, 0.6) is 0 Å². The maximum absolute atomic E-state index is 11.2. The second-order valence-corrected chi connectivity index (χ2v) is 5.14. The van der Waals surface area contributed by atoms with Crippen LogP contribution in [0.3, 0.4) is 0 Å². The van der Waals surface area contributed by atoms with Gasteiger partial charge in [-0.15, -0.1) is 0 Å². The Morgan fingerprint density at radius 2 is 1.93 bits per heavy atom. The summed E-state index contributed by atoms with van der Waals surface area (Å²) < 4.78 is 0. The standard InChI is InChI=1S/C12H22O3/c1-9(2)10-3-5-12(6-4-10,7-8-13)11(14)15/h9-10,13H,3-8H2,1-2H3,(H,14,15). The van der Waals surface area contributed by atoms with Gasteiger partial charge in [-0.05, 0) is 43.9 Å². The first-order valence-corrected chi connectivity index (χ1v) is 5.86. The van der Waals surface area contributed by atoms with E-state index in [1.807, 2.05) is 0 Å². The minimum atomic E-state index is -0.723. The molecule has 0 radical (unpaired) electrons. The molecule has 0 unspecified atom stereocenters. The van der Waals surface area contributed by atoms with Gasteiger partial charge in [-0.1, -0.05) is 13.8 Å². The van der Waals surface area contributed by atoms with Gasteiger partial charge in [0.2, 0.25) is 0 Å². The van der Waals surface area contributed by atoms with Crippen molar-refractivity contribution >= 4 is 5.97 Å². The first-order chi connectivity index (χ1) is 7.02. The summed E-state index contributed by atoms with van der Waals surface area (Å²) in [4.78, 5) is 11.2. The molecule has 0 spiro atoms. The van der Waals surface area contributed by atoms with E-state index in [4.69, 9.17) is 5.11 Å². The van der Waals surface area contributed by atoms with Gasteiger partial charge in [0.25, 0.3) is 0 Å². The SMILES string of the molecule is CC(C)C1CCC(CCO)(C(=O)O)CC1. The molecule has 2 N–H and O–H groups in total. The predicted molar refractivity (Wildman–Crippen MR) is 58.6 cm³/mol. The molecule has 0 bridgehead atoms. The van der Waals surface area contributed by atoms with Gasteiger partial charge in [-0.2, -0.15) is 0 Å². The number of carbonyl (C=O) groups is 1. The van der Waals surface area contributed by atoms with Crippen LogP contribution < -0.4 is 0 Å². The molecule has 3 heteroatoms. The highest BCUT2D eigenvalue weighted by atomic mass is 16.4. The zero-order valence-electron chi connectivity index (χ0n) is 9.70. The van der Waals surface area contributed by atoms with Gasteiger partial charge in [0, 0.05) is 6.61 Å². The Bertz CT molecular complexity index is 215. The maximum Gasteiger partial charge on any atom is 0.309 e. The first-order valence-electron chi connectivity index (χ1n) is 5.86. The van der Waals surface area contributed by atoms with Crippen molar-refractivity contribution in [2.45, 2.75) is 46.0 Å². The summed E-state index contributed by atoms with van der Waals surface area (Å²) in [7, 11) is 0. The van der Waals surface area contributed by atoms with Gasteiger partial charge in [-0.3, -0.25) is 4.79 Å². The van der Waals surface area contributed by atoms with Crippen molar-refractivity contribution < 1.29 is 15.0 Å². The van der Waals surface area contributed by atoms with Crippen molar-refractivity contribution in [2.24, 2.45) is 17.3 Å². The Balaban J connectivity index is 2.61. The lowest BCUT2D eigenvalue weighted by atomic mass is 9.66. The lowest BCUT2D eigenvalue weighted by Gasteiger charge is -2.37. The van der Waals surface area contributed by atoms with Crippen molar-refractivity contribution in [3.8, 4) is 0 Å². The van der Waals surface area contributed by atoms with E-state index in [1.54, 1.807) is 0 Å². The van der Waals surface area contributed by atoms with Crippen LogP contribution in [0.1, 0.15) is 46.0 Å². The first kappa shape index (κ1) is 12.5. The molecule has 15 heavy (non-hydrogen) atoms. The number of aliphatic hydroxyl groups is 1. The molecule has 1 aliphatic carbocycles. The number of carboxylic acid groups (broad SMARTS) is 1. The minimum Gasteiger partial charge on any atom is -0.481 e. The zero-order valence-corrected chi connectivity index (χ0v) is 9.70. The van der Waals surface area contributed by atoms with Crippen LogP contribution in [0.25, 0.3) is 0 Å². The van der Waals surface area contributed by atoms with E-state index in [0.717, 1.165) is 25.7 Å². The van der Waals surface area contributed by atoms with Crippen LogP contribution in [0.2, 0.25) is 0 Å². The van der Waals surface area contributed by atoms with Crippen LogP contribution >= 0.6 is 0 Å². The van der Waals surface area contributed by atoms with Gasteiger partial charge in [0.15, 0.2) is 0 Å². The molecule has 0 amide bonds. The number of carboxylic acids is 1. The summed E-state index contributed by atoms with van der Waals surface area (Å²) in [5, 5.41) is 18.2. The molecule has 1 saturated carbocycles. The highest BCUT2D eigenvalue weighted by Crippen LogP contribution is 2.43. The second kappa shape index (κ2) is 4.97. The van der Waals surface area contributed by atoms with E-state index in [0.29, 0.717) is 18.3 Å². The molecule has 1 rings (SSSR count). The van der Waals surface area contributed by atoms with Crippen LogP contribution in [-0.2, 0) is 4.79 Å². The number of rotatable bonds is 4. The average molecular weight is 214 g/mol. The van der Waals surface area contributed by atoms with Gasteiger partial charge in [-0.25, -0.2) is 0 Å². The molecule has 3 nitrogen and oxygen atoms in total. The van der Waals surface area contributed by atoms with E-state index < -0.39 is 11.4 Å². The second-order valence-electron chi connectivity index (χ2n) is 5.14. The van der Waals surface area contributed by atoms with Crippen LogP contribution in [0, 0.1) is 17.3 Å². The van der Waals surface area contributed by atoms with Crippen LogP contribution in [-0.4, -0.2) is 22.8 Å². The lowest BCUT2D eigenvalue weighted by molar-refractivity contribution is -0.153. The molecule has 0 saturated heterocycles. The summed E-state index contributed by atoms with van der Waals surface area (Å²) in [5.41, 5.74) is -0.639. The zero-order chi connectivity index (χ0) is 11.5. The monoisotopic (exact) mass is 214 g/mol. The van der Waals surface area contributed by atoms with Crippen molar-refractivity contribution in [1.82, 2.24) is 0 Å². The van der Waals surface area contributed by atoms with Crippen molar-refractivity contribution in [2.75, 3.05) is 6.61 Å². The predicted octanol–water partition coefficient (Wildman–Crippen LogP) is 2.29. The molecule has 88 valence electrons. The van der Waals surface area contributed by atoms with Crippen molar-refractivity contribution in [3.63, 3.8) is 0 Å². The normalized spacial score (nSPS) is 31.9. The Morgan fingerprint density at radius 3 is 2.27 bits per heavy atom. The van der Waals surface area contributed by atoms with Gasteiger partial charge in [0.1, 0.15) is 0 Å². The molecule has 0 atom stereocenters. The fraction of sp³-hybridized carbons (Fsp3) is 0.917. The van der Waals surface area contributed by atoms with E-state index >= 15 is 0 Å². The van der Waals surface area contributed by atoms with Gasteiger partial charge >= 0.3 is 5.97 Å². The lowest BCUT2D eigenvalue weighted by Crippen LogP contribution is -2.37. The molecule has 1 fully saturated rings. The maximum atomic E-state index is 11.2. The van der Waals surface area contributed by atoms with Crippen molar-refractivity contribution in [1.29, 1.82) is 0 Å². The largest absolute Gasteiger partial charge is 0.481 e. The van der Waals surface area contributed by atoms with E-state index in [1.165, 1.54) is 0 Å². The number of aliphatic hydroxyl groups excluding tert-OH is 1. The molecule has 1 aliphatic rings. The van der Waals surface area contributed by atoms with E-state index in [-0.39, 0.29) is 6.61 Å². The molecule has 0 aromatic heterocycles. The molecular formula is C12H22O3. The van der Waals surface area contributed by atoms with E-state index in [2.05, 4.69) is 13.8 Å². The molecule has 0 aromatic rings. The number of aliphatic carboxylic acids is 1. The quantitative estimate of drug-likeness (QED) is 0.755. The summed E-state index contributed by atoms with van der Waals surface area (Å²) in [6, 6.07) is 0.